The summed E-state index contributed by atoms with van der Waals surface area (Å²) in [6, 6.07) is 13.2. The van der Waals surface area contributed by atoms with Gasteiger partial charge >= 0.3 is 0 Å². The second-order valence-electron chi connectivity index (χ2n) is 7.05. The number of carbonyl (C=O) groups is 1. The number of hydrogen-bond acceptors (Lipinski definition) is 6. The number of halogens is 2. The highest BCUT2D eigenvalue weighted by atomic mass is 35.5. The van der Waals surface area contributed by atoms with Crippen molar-refractivity contribution in [2.75, 3.05) is 24.8 Å². The summed E-state index contributed by atoms with van der Waals surface area (Å²) in [5.41, 5.74) is 9.26. The lowest BCUT2D eigenvalue weighted by atomic mass is 10.1. The van der Waals surface area contributed by atoms with Crippen molar-refractivity contribution in [3.8, 4) is 17.0 Å². The first kappa shape index (κ1) is 23.3. The molecule has 3 rings (SSSR count). The molecule has 168 valence electrons. The summed E-state index contributed by atoms with van der Waals surface area (Å²) >= 11 is 5.94. The van der Waals surface area contributed by atoms with Gasteiger partial charge in [-0.2, -0.15) is 0 Å². The van der Waals surface area contributed by atoms with Crippen molar-refractivity contribution in [2.24, 2.45) is 0 Å². The molecule has 0 radical (unpaired) electrons. The number of anilines is 3. The van der Waals surface area contributed by atoms with Gasteiger partial charge in [0, 0.05) is 53.2 Å². The van der Waals surface area contributed by atoms with Gasteiger partial charge in [-0.3, -0.25) is 4.79 Å². The van der Waals surface area contributed by atoms with E-state index in [0.717, 1.165) is 0 Å². The van der Waals surface area contributed by atoms with E-state index in [4.69, 9.17) is 22.1 Å². The van der Waals surface area contributed by atoms with E-state index in [1.807, 2.05) is 0 Å². The number of pyridine rings is 1. The first-order valence-electron chi connectivity index (χ1n) is 9.87. The summed E-state index contributed by atoms with van der Waals surface area (Å²) in [6.07, 6.45) is 0.257. The Hall–Kier alpha value is -3.36. The molecule has 3 aromatic rings. The number of aromatic nitrogens is 1. The Balaban J connectivity index is 1.79. The Morgan fingerprint density at radius 3 is 2.72 bits per heavy atom. The highest BCUT2D eigenvalue weighted by Gasteiger charge is 2.12. The van der Waals surface area contributed by atoms with E-state index < -0.39 is 6.67 Å². The number of phenols is 1. The number of nitrogens with zero attached hydrogens (tertiary/aromatic N) is 1. The number of nitrogens with two attached hydrogens (primary N) is 1. The van der Waals surface area contributed by atoms with Crippen LogP contribution in [-0.4, -0.2) is 29.7 Å². The third-order valence-corrected chi connectivity index (χ3v) is 5.02. The molecule has 0 saturated heterocycles. The van der Waals surface area contributed by atoms with Crippen molar-refractivity contribution >= 4 is 34.7 Å². The number of benzene rings is 2. The Morgan fingerprint density at radius 1 is 1.19 bits per heavy atom. The number of nitrogens with one attached hydrogen (secondary N) is 2. The van der Waals surface area contributed by atoms with Crippen LogP contribution in [0.2, 0.25) is 5.02 Å². The molecular weight excluding hydrogens is 435 g/mol. The molecule has 0 atom stereocenters. The summed E-state index contributed by atoms with van der Waals surface area (Å²) < 4.78 is 18.2. The van der Waals surface area contributed by atoms with E-state index >= 15 is 0 Å². The van der Waals surface area contributed by atoms with Crippen LogP contribution in [0.4, 0.5) is 21.6 Å². The monoisotopic (exact) mass is 458 g/mol. The number of alkyl halides is 1. The van der Waals surface area contributed by atoms with Gasteiger partial charge in [-0.15, -0.1) is 0 Å². The average Bonchev–Trinajstić information content (AvgIpc) is 2.79. The van der Waals surface area contributed by atoms with Gasteiger partial charge in [0.2, 0.25) is 5.91 Å². The molecule has 0 unspecified atom stereocenters. The van der Waals surface area contributed by atoms with E-state index in [-0.39, 0.29) is 30.4 Å². The molecule has 7 nitrogen and oxygen atoms in total. The zero-order valence-electron chi connectivity index (χ0n) is 17.5. The van der Waals surface area contributed by atoms with Crippen molar-refractivity contribution < 1.29 is 19.0 Å². The van der Waals surface area contributed by atoms with Crippen molar-refractivity contribution in [2.45, 2.75) is 19.6 Å². The zero-order chi connectivity index (χ0) is 23.1. The predicted octanol–water partition coefficient (Wildman–Crippen LogP) is 4.56. The average molecular weight is 459 g/mol. The molecule has 9 heteroatoms. The molecular formula is C23H24ClFN4O3. The third-order valence-electron chi connectivity index (χ3n) is 4.78. The number of hydrogen-bond donors (Lipinski definition) is 4. The number of rotatable bonds is 9. The Bertz CT molecular complexity index is 1110. The van der Waals surface area contributed by atoms with Crippen LogP contribution in [0, 0.1) is 0 Å². The SMILES string of the molecule is COCCC(=O)NCc1ccc(-c2cc(Nc3ccc(Cl)cc3CF)ccc2O)nc1N. The van der Waals surface area contributed by atoms with Crippen LogP contribution in [0.15, 0.2) is 48.5 Å². The molecule has 1 heterocycles. The largest absolute Gasteiger partial charge is 0.507 e. The van der Waals surface area contributed by atoms with Gasteiger partial charge in [0.15, 0.2) is 0 Å². The predicted molar refractivity (Wildman–Crippen MR) is 124 cm³/mol. The smallest absolute Gasteiger partial charge is 0.222 e. The summed E-state index contributed by atoms with van der Waals surface area (Å²) in [4.78, 5) is 16.1. The van der Waals surface area contributed by atoms with Crippen LogP contribution in [0.25, 0.3) is 11.3 Å². The number of amides is 1. The third kappa shape index (κ3) is 5.87. The fourth-order valence-electron chi connectivity index (χ4n) is 3.05. The lowest BCUT2D eigenvalue weighted by molar-refractivity contribution is -0.122. The van der Waals surface area contributed by atoms with Crippen molar-refractivity contribution in [3.63, 3.8) is 0 Å². The number of phenolic OH excluding ortho intramolecular Hbond substituents is 1. The van der Waals surface area contributed by atoms with E-state index in [9.17, 15) is 14.3 Å². The number of aromatic hydroxyl groups is 1. The van der Waals surface area contributed by atoms with Crippen LogP contribution < -0.4 is 16.4 Å². The summed E-state index contributed by atoms with van der Waals surface area (Å²) in [7, 11) is 1.53. The lowest BCUT2D eigenvalue weighted by Crippen LogP contribution is -2.24. The Morgan fingerprint density at radius 2 is 2.00 bits per heavy atom. The standard InChI is InChI=1S/C23H24ClFN4O3/c1-32-9-8-22(31)27-13-14-2-5-20(29-23(14)26)18-11-17(4-7-21(18)30)28-19-6-3-16(24)10-15(19)12-25/h2-7,10-11,28,30H,8-9,12-13H2,1H3,(H2,26,29)(H,27,31). The van der Waals surface area contributed by atoms with Crippen LogP contribution in [0.5, 0.6) is 5.75 Å². The molecule has 2 aromatic carbocycles. The molecule has 0 aliphatic rings. The number of methoxy groups -OCH3 is 1. The molecule has 1 aromatic heterocycles. The van der Waals surface area contributed by atoms with E-state index in [1.165, 1.54) is 13.2 Å². The summed E-state index contributed by atoms with van der Waals surface area (Å²) in [5, 5.41) is 16.7. The number of carbonyl (C=O) groups excluding carboxylic acids is 1. The number of ether oxygens (including phenoxy) is 1. The molecule has 32 heavy (non-hydrogen) atoms. The fourth-order valence-corrected chi connectivity index (χ4v) is 3.24. The molecule has 0 fully saturated rings. The molecule has 1 amide bonds. The van der Waals surface area contributed by atoms with Crippen LogP contribution in [-0.2, 0) is 22.8 Å². The fraction of sp³-hybridized carbons (Fsp3) is 0.217. The maximum atomic E-state index is 13.3. The van der Waals surface area contributed by atoms with Gasteiger partial charge in [0.25, 0.3) is 0 Å². The van der Waals surface area contributed by atoms with E-state index in [1.54, 1.807) is 42.5 Å². The van der Waals surface area contributed by atoms with Crippen molar-refractivity contribution in [1.29, 1.82) is 0 Å². The lowest BCUT2D eigenvalue weighted by Gasteiger charge is -2.14. The van der Waals surface area contributed by atoms with Crippen molar-refractivity contribution in [3.05, 3.63) is 64.7 Å². The summed E-state index contributed by atoms with van der Waals surface area (Å²) in [6.45, 7) is -0.0990. The molecule has 0 aliphatic heterocycles. The van der Waals surface area contributed by atoms with Gasteiger partial charge in [-0.1, -0.05) is 17.7 Å². The molecule has 0 spiro atoms. The number of nitrogen functional groups attached to an aromatic ring is 1. The maximum absolute atomic E-state index is 13.3. The topological polar surface area (TPSA) is 110 Å². The highest BCUT2D eigenvalue weighted by molar-refractivity contribution is 6.30. The van der Waals surface area contributed by atoms with E-state index in [2.05, 4.69) is 15.6 Å². The van der Waals surface area contributed by atoms with Gasteiger partial charge in [-0.05, 0) is 42.5 Å². The minimum atomic E-state index is -0.671. The van der Waals surface area contributed by atoms with Crippen LogP contribution in [0.3, 0.4) is 0 Å². The quantitative estimate of drug-likeness (QED) is 0.350. The second kappa shape index (κ2) is 10.8. The molecule has 0 saturated carbocycles. The molecule has 0 bridgehead atoms. The zero-order valence-corrected chi connectivity index (χ0v) is 18.2. The summed E-state index contributed by atoms with van der Waals surface area (Å²) in [5.74, 6) is 0.108. The highest BCUT2D eigenvalue weighted by Crippen LogP contribution is 2.33. The van der Waals surface area contributed by atoms with E-state index in [0.29, 0.717) is 45.4 Å². The minimum absolute atomic E-state index is 0.0184. The van der Waals surface area contributed by atoms with Crippen molar-refractivity contribution in [1.82, 2.24) is 10.3 Å². The molecule has 5 N–H and O–H groups in total. The Labute approximate surface area is 190 Å². The first-order valence-corrected chi connectivity index (χ1v) is 10.2. The van der Waals surface area contributed by atoms with Crippen LogP contribution in [0.1, 0.15) is 17.5 Å². The first-order chi connectivity index (χ1) is 15.4. The van der Waals surface area contributed by atoms with Gasteiger partial charge in [0.05, 0.1) is 12.3 Å². The van der Waals surface area contributed by atoms with Crippen LogP contribution >= 0.6 is 11.6 Å². The van der Waals surface area contributed by atoms with Gasteiger partial charge in [0.1, 0.15) is 18.2 Å². The van der Waals surface area contributed by atoms with Gasteiger partial charge < -0.3 is 26.2 Å². The molecule has 0 aliphatic carbocycles. The normalized spacial score (nSPS) is 10.7. The minimum Gasteiger partial charge on any atom is -0.507 e. The second-order valence-corrected chi connectivity index (χ2v) is 7.49. The maximum Gasteiger partial charge on any atom is 0.222 e. The Kier molecular flexibility index (Phi) is 7.86. The van der Waals surface area contributed by atoms with Gasteiger partial charge in [-0.25, -0.2) is 9.37 Å².